The van der Waals surface area contributed by atoms with E-state index in [1.807, 2.05) is 19.9 Å². The highest BCUT2D eigenvalue weighted by Gasteiger charge is 2.23. The van der Waals surface area contributed by atoms with E-state index in [0.717, 1.165) is 22.3 Å². The lowest BCUT2D eigenvalue weighted by atomic mass is 10.0. The lowest BCUT2D eigenvalue weighted by Gasteiger charge is -2.19. The lowest BCUT2D eigenvalue weighted by molar-refractivity contribution is -0.137. The Kier molecular flexibility index (Phi) is 5.53. The van der Waals surface area contributed by atoms with Crippen molar-refractivity contribution in [3.63, 3.8) is 0 Å². The molecule has 0 spiro atoms. The number of aliphatic carboxylic acids is 1. The molecule has 1 atom stereocenters. The zero-order valence-corrected chi connectivity index (χ0v) is 14.0. The topological polar surface area (TPSA) is 83.5 Å². The highest BCUT2D eigenvalue weighted by Crippen LogP contribution is 2.26. The first-order valence-corrected chi connectivity index (χ1v) is 8.36. The fourth-order valence-electron chi connectivity index (χ4n) is 2.31. The molecule has 0 aromatic heterocycles. The summed E-state index contributed by atoms with van der Waals surface area (Å²) in [7, 11) is -3.66. The van der Waals surface area contributed by atoms with Crippen molar-refractivity contribution in [1.82, 2.24) is 4.72 Å². The van der Waals surface area contributed by atoms with Crippen LogP contribution in [0.3, 0.4) is 0 Å². The SMILES string of the molecule is Cc1cc(C)c(C)c(S(=O)(=O)NC(C)CCC(=O)O)c1C. The minimum Gasteiger partial charge on any atom is -0.481 e. The van der Waals surface area contributed by atoms with Gasteiger partial charge in [0.25, 0.3) is 0 Å². The van der Waals surface area contributed by atoms with Crippen LogP contribution in [-0.4, -0.2) is 25.5 Å². The van der Waals surface area contributed by atoms with Gasteiger partial charge in [0.2, 0.25) is 10.0 Å². The first-order valence-electron chi connectivity index (χ1n) is 6.87. The van der Waals surface area contributed by atoms with Crippen LogP contribution in [0.1, 0.15) is 42.0 Å². The molecule has 0 amide bonds. The normalized spacial score (nSPS) is 13.2. The van der Waals surface area contributed by atoms with Crippen LogP contribution in [0.2, 0.25) is 0 Å². The van der Waals surface area contributed by atoms with Crippen molar-refractivity contribution in [2.45, 2.75) is 58.4 Å². The second-order valence-electron chi connectivity index (χ2n) is 5.54. The number of aryl methyl sites for hydroxylation is 2. The van der Waals surface area contributed by atoms with Crippen molar-refractivity contribution in [1.29, 1.82) is 0 Å². The average molecular weight is 313 g/mol. The van der Waals surface area contributed by atoms with E-state index in [-0.39, 0.29) is 12.8 Å². The highest BCUT2D eigenvalue weighted by molar-refractivity contribution is 7.89. The van der Waals surface area contributed by atoms with Gasteiger partial charge >= 0.3 is 5.97 Å². The molecule has 21 heavy (non-hydrogen) atoms. The summed E-state index contributed by atoms with van der Waals surface area (Å²) in [6, 6.07) is 1.54. The molecule has 0 radical (unpaired) electrons. The molecule has 2 N–H and O–H groups in total. The van der Waals surface area contributed by atoms with Gasteiger partial charge in [0.1, 0.15) is 0 Å². The molecule has 0 saturated carbocycles. The van der Waals surface area contributed by atoms with Gasteiger partial charge in [-0.3, -0.25) is 4.79 Å². The largest absolute Gasteiger partial charge is 0.481 e. The third kappa shape index (κ3) is 4.28. The fourth-order valence-corrected chi connectivity index (χ4v) is 4.20. The summed E-state index contributed by atoms with van der Waals surface area (Å²) in [6.07, 6.45) is 0.200. The van der Waals surface area contributed by atoms with Crippen molar-refractivity contribution < 1.29 is 18.3 Å². The van der Waals surface area contributed by atoms with Crippen molar-refractivity contribution in [3.05, 3.63) is 28.3 Å². The number of rotatable bonds is 6. The Morgan fingerprint density at radius 2 is 1.67 bits per heavy atom. The van der Waals surface area contributed by atoms with Crippen molar-refractivity contribution in [3.8, 4) is 0 Å². The monoisotopic (exact) mass is 313 g/mol. The van der Waals surface area contributed by atoms with Crippen LogP contribution < -0.4 is 4.72 Å². The zero-order valence-electron chi connectivity index (χ0n) is 13.1. The summed E-state index contributed by atoms with van der Waals surface area (Å²) in [5.41, 5.74) is 3.32. The number of hydrogen-bond acceptors (Lipinski definition) is 3. The number of sulfonamides is 1. The Morgan fingerprint density at radius 1 is 1.19 bits per heavy atom. The predicted molar refractivity (Wildman–Crippen MR) is 82.0 cm³/mol. The third-order valence-electron chi connectivity index (χ3n) is 3.71. The summed E-state index contributed by atoms with van der Waals surface area (Å²) in [6.45, 7) is 9.02. The van der Waals surface area contributed by atoms with Crippen LogP contribution in [0.4, 0.5) is 0 Å². The van der Waals surface area contributed by atoms with Crippen LogP contribution in [0, 0.1) is 27.7 Å². The van der Waals surface area contributed by atoms with Gasteiger partial charge in [0.05, 0.1) is 4.90 Å². The first kappa shape index (κ1) is 17.7. The minimum atomic E-state index is -3.66. The molecule has 0 aliphatic rings. The van der Waals surface area contributed by atoms with Gasteiger partial charge in [-0.1, -0.05) is 6.07 Å². The molecular weight excluding hydrogens is 290 g/mol. The molecular formula is C15H23NO4S. The molecule has 1 aromatic carbocycles. The summed E-state index contributed by atoms with van der Waals surface area (Å²) >= 11 is 0. The van der Waals surface area contributed by atoms with Gasteiger partial charge in [-0.15, -0.1) is 0 Å². The molecule has 6 heteroatoms. The van der Waals surface area contributed by atoms with Crippen LogP contribution in [0.5, 0.6) is 0 Å². The second-order valence-corrected chi connectivity index (χ2v) is 7.20. The Balaban J connectivity index is 3.12. The van der Waals surface area contributed by atoms with Gasteiger partial charge in [-0.25, -0.2) is 13.1 Å². The van der Waals surface area contributed by atoms with E-state index in [0.29, 0.717) is 4.90 Å². The van der Waals surface area contributed by atoms with E-state index >= 15 is 0 Å². The summed E-state index contributed by atoms with van der Waals surface area (Å²) in [4.78, 5) is 10.9. The Bertz CT molecular complexity index is 624. The van der Waals surface area contributed by atoms with E-state index in [2.05, 4.69) is 4.72 Å². The smallest absolute Gasteiger partial charge is 0.303 e. The second kappa shape index (κ2) is 6.58. The Labute approximate surface area is 126 Å². The van der Waals surface area contributed by atoms with Gasteiger partial charge in [0, 0.05) is 12.5 Å². The van der Waals surface area contributed by atoms with Gasteiger partial charge in [-0.05, 0) is 63.3 Å². The molecule has 0 fully saturated rings. The van der Waals surface area contributed by atoms with E-state index in [4.69, 9.17) is 5.11 Å². The molecule has 1 unspecified atom stereocenters. The minimum absolute atomic E-state index is 0.0610. The van der Waals surface area contributed by atoms with Gasteiger partial charge in [-0.2, -0.15) is 0 Å². The van der Waals surface area contributed by atoms with E-state index in [1.54, 1.807) is 20.8 Å². The maximum atomic E-state index is 12.6. The first-order chi connectivity index (χ1) is 9.56. The fraction of sp³-hybridized carbons (Fsp3) is 0.533. The molecule has 0 aliphatic heterocycles. The summed E-state index contributed by atoms with van der Waals surface area (Å²) in [5.74, 6) is -0.931. The van der Waals surface area contributed by atoms with Crippen molar-refractivity contribution in [2.75, 3.05) is 0 Å². The van der Waals surface area contributed by atoms with E-state index in [9.17, 15) is 13.2 Å². The number of carbonyl (C=O) groups is 1. The van der Waals surface area contributed by atoms with Gasteiger partial charge in [0.15, 0.2) is 0 Å². The Morgan fingerprint density at radius 3 is 2.10 bits per heavy atom. The van der Waals surface area contributed by atoms with Crippen molar-refractivity contribution in [2.24, 2.45) is 0 Å². The highest BCUT2D eigenvalue weighted by atomic mass is 32.2. The lowest BCUT2D eigenvalue weighted by Crippen LogP contribution is -2.34. The molecule has 0 aliphatic carbocycles. The molecule has 0 saturated heterocycles. The van der Waals surface area contributed by atoms with Crippen LogP contribution in [0.15, 0.2) is 11.0 Å². The van der Waals surface area contributed by atoms with E-state index in [1.165, 1.54) is 0 Å². The quantitative estimate of drug-likeness (QED) is 0.845. The molecule has 5 nitrogen and oxygen atoms in total. The zero-order chi connectivity index (χ0) is 16.4. The van der Waals surface area contributed by atoms with E-state index < -0.39 is 22.0 Å². The predicted octanol–water partition coefficient (Wildman–Crippen LogP) is 2.45. The average Bonchev–Trinajstić information content (AvgIpc) is 2.33. The van der Waals surface area contributed by atoms with Crippen LogP contribution in [-0.2, 0) is 14.8 Å². The summed E-state index contributed by atoms with van der Waals surface area (Å²) in [5, 5.41) is 8.66. The molecule has 0 bridgehead atoms. The summed E-state index contributed by atoms with van der Waals surface area (Å²) < 4.78 is 27.7. The van der Waals surface area contributed by atoms with Crippen LogP contribution in [0.25, 0.3) is 0 Å². The molecule has 1 rings (SSSR count). The molecule has 118 valence electrons. The maximum Gasteiger partial charge on any atom is 0.303 e. The number of benzene rings is 1. The third-order valence-corrected chi connectivity index (χ3v) is 5.58. The molecule has 1 aromatic rings. The number of hydrogen-bond donors (Lipinski definition) is 2. The standard InChI is InChI=1S/C15H23NO4S/c1-9-8-10(2)13(5)15(12(9)4)21(19,20)16-11(3)6-7-14(17)18/h8,11,16H,6-7H2,1-5H3,(H,17,18). The maximum absolute atomic E-state index is 12.6. The Hall–Kier alpha value is -1.40. The van der Waals surface area contributed by atoms with Crippen LogP contribution >= 0.6 is 0 Å². The number of carboxylic acid groups (broad SMARTS) is 1. The molecule has 0 heterocycles. The van der Waals surface area contributed by atoms with Gasteiger partial charge < -0.3 is 5.11 Å². The number of carboxylic acids is 1. The number of nitrogens with one attached hydrogen (secondary N) is 1. The van der Waals surface area contributed by atoms with Crippen molar-refractivity contribution >= 4 is 16.0 Å².